The molecule has 18 heavy (non-hydrogen) atoms. The van der Waals surface area contributed by atoms with Gasteiger partial charge in [0.15, 0.2) is 0 Å². The Morgan fingerprint density at radius 2 is 2.17 bits per heavy atom. The first-order valence-electron chi connectivity index (χ1n) is 6.64. The Morgan fingerprint density at radius 1 is 1.39 bits per heavy atom. The van der Waals surface area contributed by atoms with Gasteiger partial charge in [0.05, 0.1) is 11.1 Å². The molecular weight excluding hydrogens is 224 g/mol. The second kappa shape index (κ2) is 4.90. The zero-order chi connectivity index (χ0) is 13.2. The molecule has 1 fully saturated rings. The fourth-order valence-electron chi connectivity index (χ4n) is 2.84. The van der Waals surface area contributed by atoms with Crippen molar-refractivity contribution < 1.29 is 4.74 Å². The maximum Gasteiger partial charge on any atom is 0.0649 e. The quantitative estimate of drug-likeness (QED) is 0.864. The molecule has 1 aromatic carbocycles. The van der Waals surface area contributed by atoms with Crippen LogP contribution in [0.25, 0.3) is 0 Å². The highest BCUT2D eigenvalue weighted by molar-refractivity contribution is 5.48. The van der Waals surface area contributed by atoms with Crippen LogP contribution >= 0.6 is 0 Å². The summed E-state index contributed by atoms with van der Waals surface area (Å²) in [4.78, 5) is 0. The number of ether oxygens (including phenoxy) is 1. The molecule has 3 nitrogen and oxygen atoms in total. The van der Waals surface area contributed by atoms with E-state index in [1.807, 2.05) is 0 Å². The number of benzene rings is 1. The van der Waals surface area contributed by atoms with Crippen LogP contribution in [0.5, 0.6) is 0 Å². The molecule has 1 aromatic rings. The van der Waals surface area contributed by atoms with E-state index >= 15 is 0 Å². The van der Waals surface area contributed by atoms with Gasteiger partial charge in [0.25, 0.3) is 0 Å². The van der Waals surface area contributed by atoms with Gasteiger partial charge in [-0.05, 0) is 44.9 Å². The topological polar surface area (TPSA) is 47.3 Å². The molecule has 1 unspecified atom stereocenters. The normalized spacial score (nSPS) is 26.9. The lowest BCUT2D eigenvalue weighted by Gasteiger charge is -2.45. The van der Waals surface area contributed by atoms with Crippen LogP contribution in [0.1, 0.15) is 32.3 Å². The van der Waals surface area contributed by atoms with Crippen molar-refractivity contribution in [2.45, 2.75) is 44.8 Å². The summed E-state index contributed by atoms with van der Waals surface area (Å²) in [5, 5.41) is 3.64. The molecule has 2 rings (SSSR count). The van der Waals surface area contributed by atoms with E-state index < -0.39 is 0 Å². The fraction of sp³-hybridized carbons (Fsp3) is 0.600. The third-order valence-electron chi connectivity index (χ3n) is 3.66. The van der Waals surface area contributed by atoms with Gasteiger partial charge in [0, 0.05) is 25.3 Å². The van der Waals surface area contributed by atoms with Gasteiger partial charge in [-0.3, -0.25) is 0 Å². The molecule has 0 amide bonds. The number of nitrogens with one attached hydrogen (secondary N) is 1. The minimum atomic E-state index is -0.103. The van der Waals surface area contributed by atoms with Gasteiger partial charge in [0.1, 0.15) is 0 Å². The number of aryl methyl sites for hydroxylation is 1. The molecule has 0 saturated carbocycles. The summed E-state index contributed by atoms with van der Waals surface area (Å²) in [6.07, 6.45) is 1.89. The van der Waals surface area contributed by atoms with Crippen LogP contribution in [0, 0.1) is 6.92 Å². The maximum atomic E-state index is 6.03. The van der Waals surface area contributed by atoms with E-state index in [1.54, 1.807) is 0 Å². The highest BCUT2D eigenvalue weighted by atomic mass is 16.5. The predicted octanol–water partition coefficient (Wildman–Crippen LogP) is 2.69. The van der Waals surface area contributed by atoms with Crippen LogP contribution in [0.15, 0.2) is 24.3 Å². The summed E-state index contributed by atoms with van der Waals surface area (Å²) >= 11 is 0. The van der Waals surface area contributed by atoms with Crippen molar-refractivity contribution in [2.75, 3.05) is 18.5 Å². The SMILES string of the molecule is Cc1cccc(NC2(CN)CCOC(C)(C)C2)c1. The molecule has 1 atom stereocenters. The lowest BCUT2D eigenvalue weighted by atomic mass is 9.81. The Balaban J connectivity index is 2.18. The van der Waals surface area contributed by atoms with Crippen molar-refractivity contribution in [1.82, 2.24) is 0 Å². The fourth-order valence-corrected chi connectivity index (χ4v) is 2.84. The zero-order valence-electron chi connectivity index (χ0n) is 11.6. The molecule has 1 heterocycles. The van der Waals surface area contributed by atoms with Crippen LogP contribution in [0.2, 0.25) is 0 Å². The molecule has 0 bridgehead atoms. The summed E-state index contributed by atoms with van der Waals surface area (Å²) in [5.41, 5.74) is 8.29. The number of anilines is 1. The zero-order valence-corrected chi connectivity index (χ0v) is 11.6. The van der Waals surface area contributed by atoms with Crippen molar-refractivity contribution in [3.8, 4) is 0 Å². The molecule has 1 aliphatic rings. The molecule has 3 N–H and O–H groups in total. The second-order valence-electron chi connectivity index (χ2n) is 6.01. The average molecular weight is 248 g/mol. The third kappa shape index (κ3) is 3.03. The predicted molar refractivity (Wildman–Crippen MR) is 75.9 cm³/mol. The lowest BCUT2D eigenvalue weighted by Crippen LogP contribution is -2.55. The van der Waals surface area contributed by atoms with E-state index in [-0.39, 0.29) is 11.1 Å². The molecule has 0 radical (unpaired) electrons. The van der Waals surface area contributed by atoms with E-state index in [2.05, 4.69) is 50.4 Å². The van der Waals surface area contributed by atoms with E-state index in [0.717, 1.165) is 25.1 Å². The van der Waals surface area contributed by atoms with E-state index in [4.69, 9.17) is 10.5 Å². The highest BCUT2D eigenvalue weighted by Crippen LogP contribution is 2.34. The highest BCUT2D eigenvalue weighted by Gasteiger charge is 2.39. The van der Waals surface area contributed by atoms with Gasteiger partial charge in [-0.15, -0.1) is 0 Å². The van der Waals surface area contributed by atoms with Gasteiger partial charge >= 0.3 is 0 Å². The molecule has 0 aromatic heterocycles. The van der Waals surface area contributed by atoms with Gasteiger partial charge in [0.2, 0.25) is 0 Å². The van der Waals surface area contributed by atoms with E-state index in [0.29, 0.717) is 6.54 Å². The first-order chi connectivity index (χ1) is 8.45. The van der Waals surface area contributed by atoms with Gasteiger partial charge < -0.3 is 15.8 Å². The minimum absolute atomic E-state index is 0.0461. The molecule has 0 aliphatic carbocycles. The molecule has 3 heteroatoms. The standard InChI is InChI=1S/C15H24N2O/c1-12-5-4-6-13(9-12)17-15(11-16)7-8-18-14(2,3)10-15/h4-6,9,17H,7-8,10-11,16H2,1-3H3. The monoisotopic (exact) mass is 248 g/mol. The number of hydrogen-bond donors (Lipinski definition) is 2. The second-order valence-corrected chi connectivity index (χ2v) is 6.01. The Kier molecular flexibility index (Phi) is 3.64. The Morgan fingerprint density at radius 3 is 2.78 bits per heavy atom. The van der Waals surface area contributed by atoms with Crippen molar-refractivity contribution in [1.29, 1.82) is 0 Å². The van der Waals surface area contributed by atoms with Gasteiger partial charge in [-0.1, -0.05) is 12.1 Å². The summed E-state index contributed by atoms with van der Waals surface area (Å²) in [5.74, 6) is 0. The molecule has 1 aliphatic heterocycles. The Labute approximate surface area is 110 Å². The van der Waals surface area contributed by atoms with Gasteiger partial charge in [-0.25, -0.2) is 0 Å². The van der Waals surface area contributed by atoms with Crippen molar-refractivity contribution in [2.24, 2.45) is 5.73 Å². The third-order valence-corrected chi connectivity index (χ3v) is 3.66. The maximum absolute atomic E-state index is 6.03. The first-order valence-corrected chi connectivity index (χ1v) is 6.64. The van der Waals surface area contributed by atoms with Crippen LogP contribution in [-0.4, -0.2) is 24.3 Å². The smallest absolute Gasteiger partial charge is 0.0649 e. The average Bonchev–Trinajstić information content (AvgIpc) is 2.27. The number of rotatable bonds is 3. The Bertz CT molecular complexity index is 417. The molecule has 1 saturated heterocycles. The number of hydrogen-bond acceptors (Lipinski definition) is 3. The van der Waals surface area contributed by atoms with E-state index in [9.17, 15) is 0 Å². The van der Waals surface area contributed by atoms with Crippen LogP contribution in [0.3, 0.4) is 0 Å². The van der Waals surface area contributed by atoms with Crippen molar-refractivity contribution in [3.05, 3.63) is 29.8 Å². The molecule has 100 valence electrons. The van der Waals surface area contributed by atoms with Crippen LogP contribution < -0.4 is 11.1 Å². The van der Waals surface area contributed by atoms with E-state index in [1.165, 1.54) is 5.56 Å². The molecule has 0 spiro atoms. The Hall–Kier alpha value is -1.06. The first kappa shape index (κ1) is 13.4. The van der Waals surface area contributed by atoms with Gasteiger partial charge in [-0.2, -0.15) is 0 Å². The summed E-state index contributed by atoms with van der Waals surface area (Å²) in [6.45, 7) is 7.77. The number of nitrogens with two attached hydrogens (primary N) is 1. The molecular formula is C15H24N2O. The summed E-state index contributed by atoms with van der Waals surface area (Å²) in [7, 11) is 0. The van der Waals surface area contributed by atoms with Crippen molar-refractivity contribution in [3.63, 3.8) is 0 Å². The largest absolute Gasteiger partial charge is 0.378 e. The van der Waals surface area contributed by atoms with Crippen molar-refractivity contribution >= 4 is 5.69 Å². The lowest BCUT2D eigenvalue weighted by molar-refractivity contribution is -0.0736. The minimum Gasteiger partial charge on any atom is -0.378 e. The van der Waals surface area contributed by atoms with Crippen LogP contribution in [-0.2, 0) is 4.74 Å². The summed E-state index contributed by atoms with van der Waals surface area (Å²) < 4.78 is 5.79. The van der Waals surface area contributed by atoms with Crippen LogP contribution in [0.4, 0.5) is 5.69 Å². The summed E-state index contributed by atoms with van der Waals surface area (Å²) in [6, 6.07) is 8.45.